The lowest BCUT2D eigenvalue weighted by Crippen LogP contribution is -2.13. The van der Waals surface area contributed by atoms with Gasteiger partial charge in [-0.25, -0.2) is 9.59 Å². The van der Waals surface area contributed by atoms with Gasteiger partial charge in [-0.05, 0) is 18.9 Å². The van der Waals surface area contributed by atoms with Crippen LogP contribution >= 0.6 is 0 Å². The van der Waals surface area contributed by atoms with E-state index in [9.17, 15) is 9.59 Å². The van der Waals surface area contributed by atoms with Gasteiger partial charge in [-0.15, -0.1) is 0 Å². The zero-order valence-corrected chi connectivity index (χ0v) is 11.4. The number of rotatable bonds is 8. The molecule has 0 heterocycles. The van der Waals surface area contributed by atoms with Crippen LogP contribution < -0.4 is 0 Å². The molecule has 0 radical (unpaired) electrons. The van der Waals surface area contributed by atoms with Gasteiger partial charge in [0.15, 0.2) is 0 Å². The Kier molecular flexibility index (Phi) is 9.73. The van der Waals surface area contributed by atoms with Gasteiger partial charge in [-0.2, -0.15) is 0 Å². The fraction of sp³-hybridized carbons (Fsp3) is 0.692. The molecule has 5 nitrogen and oxygen atoms in total. The Hall–Kier alpha value is -1.52. The molecule has 0 spiro atoms. The number of carbonyl (C=O) groups is 2. The molecule has 0 amide bonds. The van der Waals surface area contributed by atoms with Gasteiger partial charge in [0.2, 0.25) is 5.76 Å². The summed E-state index contributed by atoms with van der Waals surface area (Å²) in [7, 11) is 2.42. The van der Waals surface area contributed by atoms with Gasteiger partial charge in [0.1, 0.15) is 0 Å². The molecule has 0 aliphatic heterocycles. The predicted molar refractivity (Wildman–Crippen MR) is 67.0 cm³/mol. The Bertz CT molecular complexity index is 283. The van der Waals surface area contributed by atoms with Crippen LogP contribution in [0.2, 0.25) is 0 Å². The van der Waals surface area contributed by atoms with Crippen LogP contribution in [0.3, 0.4) is 0 Å². The maximum Gasteiger partial charge on any atom is 0.513 e. The van der Waals surface area contributed by atoms with Crippen LogP contribution in [0.25, 0.3) is 0 Å². The minimum Gasteiger partial charge on any atom is -0.463 e. The molecule has 104 valence electrons. The van der Waals surface area contributed by atoms with E-state index in [4.69, 9.17) is 4.74 Å². The van der Waals surface area contributed by atoms with Gasteiger partial charge >= 0.3 is 12.1 Å². The Morgan fingerprint density at radius 2 is 1.67 bits per heavy atom. The summed E-state index contributed by atoms with van der Waals surface area (Å²) in [6, 6.07) is 0. The first kappa shape index (κ1) is 16.5. The first-order valence-electron chi connectivity index (χ1n) is 6.20. The largest absolute Gasteiger partial charge is 0.513 e. The van der Waals surface area contributed by atoms with Gasteiger partial charge < -0.3 is 14.2 Å². The van der Waals surface area contributed by atoms with Crippen LogP contribution in [-0.2, 0) is 19.0 Å². The molecule has 0 aromatic heterocycles. The Morgan fingerprint density at radius 1 is 1.00 bits per heavy atom. The van der Waals surface area contributed by atoms with E-state index in [1.165, 1.54) is 33.5 Å². The zero-order valence-electron chi connectivity index (χ0n) is 11.4. The molecule has 0 unspecified atom stereocenters. The van der Waals surface area contributed by atoms with Crippen LogP contribution in [0.5, 0.6) is 0 Å². The van der Waals surface area contributed by atoms with E-state index in [2.05, 4.69) is 16.4 Å². The van der Waals surface area contributed by atoms with Gasteiger partial charge in [0.05, 0.1) is 14.2 Å². The summed E-state index contributed by atoms with van der Waals surface area (Å²) in [5.41, 5.74) is 0. The molecule has 0 aliphatic rings. The highest BCUT2D eigenvalue weighted by molar-refractivity contribution is 5.88. The van der Waals surface area contributed by atoms with Crippen molar-refractivity contribution in [2.24, 2.45) is 0 Å². The van der Waals surface area contributed by atoms with Crippen LogP contribution in [-0.4, -0.2) is 26.3 Å². The van der Waals surface area contributed by atoms with Crippen LogP contribution in [0.4, 0.5) is 4.79 Å². The summed E-state index contributed by atoms with van der Waals surface area (Å²) in [6.45, 7) is 2.15. The summed E-state index contributed by atoms with van der Waals surface area (Å²) >= 11 is 0. The van der Waals surface area contributed by atoms with Crippen LogP contribution in [0.1, 0.15) is 45.4 Å². The lowest BCUT2D eigenvalue weighted by atomic mass is 10.1. The average molecular weight is 258 g/mol. The van der Waals surface area contributed by atoms with Crippen molar-refractivity contribution in [1.82, 2.24) is 0 Å². The molecule has 0 saturated heterocycles. The predicted octanol–water partition coefficient (Wildman–Crippen LogP) is 3.19. The third kappa shape index (κ3) is 7.70. The maximum atomic E-state index is 11.3. The highest BCUT2D eigenvalue weighted by atomic mass is 16.7. The molecule has 0 N–H and O–H groups in total. The van der Waals surface area contributed by atoms with Crippen molar-refractivity contribution in [3.05, 3.63) is 11.8 Å². The molecule has 0 atom stereocenters. The Balaban J connectivity index is 4.12. The van der Waals surface area contributed by atoms with E-state index in [-0.39, 0.29) is 5.76 Å². The third-order valence-corrected chi connectivity index (χ3v) is 2.38. The molecule has 18 heavy (non-hydrogen) atoms. The summed E-state index contributed by atoms with van der Waals surface area (Å²) < 4.78 is 13.5. The van der Waals surface area contributed by atoms with Gasteiger partial charge in [-0.3, -0.25) is 0 Å². The number of allylic oxidation sites excluding steroid dienone is 1. The summed E-state index contributed by atoms with van der Waals surface area (Å²) in [5, 5.41) is 0. The summed E-state index contributed by atoms with van der Waals surface area (Å²) in [6.07, 6.45) is 6.94. The molecule has 5 heteroatoms. The second-order valence-electron chi connectivity index (χ2n) is 3.82. The topological polar surface area (TPSA) is 61.8 Å². The number of methoxy groups -OCH3 is 2. The molecule has 0 aromatic rings. The molecular formula is C13H22O5. The smallest absolute Gasteiger partial charge is 0.463 e. The fourth-order valence-corrected chi connectivity index (χ4v) is 1.38. The molecule has 0 aromatic carbocycles. The van der Waals surface area contributed by atoms with Gasteiger partial charge in [0, 0.05) is 0 Å². The number of ether oxygens (including phenoxy) is 3. The third-order valence-electron chi connectivity index (χ3n) is 2.38. The van der Waals surface area contributed by atoms with E-state index < -0.39 is 12.1 Å². The lowest BCUT2D eigenvalue weighted by Gasteiger charge is -2.05. The van der Waals surface area contributed by atoms with E-state index in [0.29, 0.717) is 6.42 Å². The summed E-state index contributed by atoms with van der Waals surface area (Å²) in [4.78, 5) is 22.2. The van der Waals surface area contributed by atoms with E-state index >= 15 is 0 Å². The van der Waals surface area contributed by atoms with Crippen molar-refractivity contribution < 1.29 is 23.8 Å². The SMILES string of the molecule is CCCCCCCC=C(OC(=O)OC)C(=O)OC. The van der Waals surface area contributed by atoms with Crippen molar-refractivity contribution >= 4 is 12.1 Å². The zero-order chi connectivity index (χ0) is 13.8. The second kappa shape index (κ2) is 10.6. The minimum absolute atomic E-state index is 0.111. The molecule has 0 aliphatic carbocycles. The monoisotopic (exact) mass is 258 g/mol. The number of unbranched alkanes of at least 4 members (excludes halogenated alkanes) is 5. The molecule has 0 rings (SSSR count). The Labute approximate surface area is 108 Å². The van der Waals surface area contributed by atoms with Crippen molar-refractivity contribution in [2.45, 2.75) is 45.4 Å². The fourth-order valence-electron chi connectivity index (χ4n) is 1.38. The quantitative estimate of drug-likeness (QED) is 0.289. The van der Waals surface area contributed by atoms with Crippen molar-refractivity contribution in [3.8, 4) is 0 Å². The maximum absolute atomic E-state index is 11.3. The number of hydrogen-bond donors (Lipinski definition) is 0. The standard InChI is InChI=1S/C13H22O5/c1-4-5-6-7-8-9-10-11(12(14)16-2)18-13(15)17-3/h10H,4-9H2,1-3H3. The highest BCUT2D eigenvalue weighted by Gasteiger charge is 2.15. The van der Waals surface area contributed by atoms with E-state index in [1.807, 2.05) is 0 Å². The molecule has 0 fully saturated rings. The van der Waals surface area contributed by atoms with E-state index in [1.54, 1.807) is 6.08 Å². The van der Waals surface area contributed by atoms with Crippen molar-refractivity contribution in [2.75, 3.05) is 14.2 Å². The second-order valence-corrected chi connectivity index (χ2v) is 3.82. The van der Waals surface area contributed by atoms with Crippen LogP contribution in [0.15, 0.2) is 11.8 Å². The van der Waals surface area contributed by atoms with Crippen molar-refractivity contribution in [3.63, 3.8) is 0 Å². The molecule has 0 saturated carbocycles. The van der Waals surface area contributed by atoms with Gasteiger partial charge in [0.25, 0.3) is 0 Å². The first-order chi connectivity index (χ1) is 8.65. The lowest BCUT2D eigenvalue weighted by molar-refractivity contribution is -0.139. The van der Waals surface area contributed by atoms with Crippen LogP contribution in [0, 0.1) is 0 Å². The van der Waals surface area contributed by atoms with E-state index in [0.717, 1.165) is 12.8 Å². The van der Waals surface area contributed by atoms with Crippen molar-refractivity contribution in [1.29, 1.82) is 0 Å². The number of carbonyl (C=O) groups excluding carboxylic acids is 2. The number of hydrogen-bond acceptors (Lipinski definition) is 5. The Morgan fingerprint density at radius 3 is 2.22 bits per heavy atom. The normalized spacial score (nSPS) is 10.9. The average Bonchev–Trinajstić information content (AvgIpc) is 2.40. The number of esters is 1. The summed E-state index contributed by atoms with van der Waals surface area (Å²) in [5.74, 6) is -0.784. The minimum atomic E-state index is -0.919. The molecule has 0 bridgehead atoms. The van der Waals surface area contributed by atoms with Gasteiger partial charge in [-0.1, -0.05) is 32.6 Å². The first-order valence-corrected chi connectivity index (χ1v) is 6.20. The highest BCUT2D eigenvalue weighted by Crippen LogP contribution is 2.09. The molecular weight excluding hydrogens is 236 g/mol.